The Morgan fingerprint density at radius 2 is 0.579 bits per heavy atom. The van der Waals surface area contributed by atoms with Gasteiger partial charge in [-0.15, -0.1) is 0 Å². The Labute approximate surface area is 329 Å². The normalized spacial score (nSPS) is 11.9. The van der Waals surface area contributed by atoms with Gasteiger partial charge in [0, 0.05) is 66.1 Å². The largest absolute Gasteiger partial charge is 0.309 e. The first-order valence-electron chi connectivity index (χ1n) is 19.6. The molecule has 0 amide bonds. The zero-order chi connectivity index (χ0) is 37.5. The quantitative estimate of drug-likeness (QED) is 0.168. The molecule has 3 heteroatoms. The molecule has 3 heterocycles. The average molecular weight is 726 g/mol. The van der Waals surface area contributed by atoms with Gasteiger partial charge < -0.3 is 13.7 Å². The van der Waals surface area contributed by atoms with E-state index in [1.165, 1.54) is 87.7 Å². The van der Waals surface area contributed by atoms with Gasteiger partial charge in [-0.2, -0.15) is 0 Å². The molecule has 266 valence electrons. The van der Waals surface area contributed by atoms with Crippen LogP contribution in [0.1, 0.15) is 0 Å². The molecule has 0 saturated heterocycles. The van der Waals surface area contributed by atoms with Crippen LogP contribution in [0.3, 0.4) is 0 Å². The molecule has 3 aromatic heterocycles. The fraction of sp³-hybridized carbons (Fsp3) is 0. The standard InChI is InChI=1S/C54H35N3/c1-4-18-37(19-5-1)55-49-31-13-10-24-41(49)44-28-16-27-40(52(44)55)36-34-47-43-26-12-15-33-51(43)57(39-22-8-3-9-23-39)54(47)48(35-36)46-30-17-29-45-42-25-11-14-32-50(42)56(53(45)46)38-20-6-2-7-21-38/h1-35H. The molecule has 0 bridgehead atoms. The fourth-order valence-electron chi connectivity index (χ4n) is 9.48. The van der Waals surface area contributed by atoms with Crippen molar-refractivity contribution in [2.75, 3.05) is 0 Å². The van der Waals surface area contributed by atoms with E-state index in [1.807, 2.05) is 0 Å². The lowest BCUT2D eigenvalue weighted by Gasteiger charge is -2.17. The van der Waals surface area contributed by atoms with Crippen molar-refractivity contribution < 1.29 is 0 Å². The van der Waals surface area contributed by atoms with Gasteiger partial charge in [-0.3, -0.25) is 0 Å². The van der Waals surface area contributed by atoms with Crippen LogP contribution in [0.15, 0.2) is 212 Å². The molecular formula is C54H35N3. The highest BCUT2D eigenvalue weighted by Gasteiger charge is 2.24. The first-order valence-corrected chi connectivity index (χ1v) is 19.6. The number of para-hydroxylation sites is 8. The molecule has 57 heavy (non-hydrogen) atoms. The van der Waals surface area contributed by atoms with Crippen molar-refractivity contribution in [3.05, 3.63) is 212 Å². The minimum atomic E-state index is 1.14. The van der Waals surface area contributed by atoms with Crippen molar-refractivity contribution in [2.45, 2.75) is 0 Å². The average Bonchev–Trinajstić information content (AvgIpc) is 3.93. The monoisotopic (exact) mass is 725 g/mol. The van der Waals surface area contributed by atoms with E-state index in [4.69, 9.17) is 0 Å². The van der Waals surface area contributed by atoms with Crippen molar-refractivity contribution in [1.82, 2.24) is 13.7 Å². The summed E-state index contributed by atoms with van der Waals surface area (Å²) in [6.07, 6.45) is 0. The van der Waals surface area contributed by atoms with E-state index in [1.54, 1.807) is 0 Å². The Bertz CT molecular complexity index is 3500. The van der Waals surface area contributed by atoms with Crippen molar-refractivity contribution in [2.24, 2.45) is 0 Å². The second-order valence-corrected chi connectivity index (χ2v) is 14.9. The van der Waals surface area contributed by atoms with Gasteiger partial charge in [-0.25, -0.2) is 0 Å². The third-order valence-electron chi connectivity index (χ3n) is 11.8. The van der Waals surface area contributed by atoms with Crippen LogP contribution < -0.4 is 0 Å². The summed E-state index contributed by atoms with van der Waals surface area (Å²) >= 11 is 0. The van der Waals surface area contributed by atoms with E-state index in [0.717, 1.165) is 17.1 Å². The topological polar surface area (TPSA) is 14.8 Å². The summed E-state index contributed by atoms with van der Waals surface area (Å²) in [5.41, 5.74) is 15.4. The third-order valence-corrected chi connectivity index (χ3v) is 11.8. The molecule has 0 saturated carbocycles. The maximum atomic E-state index is 2.47. The van der Waals surface area contributed by atoms with Crippen molar-refractivity contribution in [3.8, 4) is 39.3 Å². The molecule has 12 aromatic rings. The minimum absolute atomic E-state index is 1.14. The Hall–Kier alpha value is -7.62. The minimum Gasteiger partial charge on any atom is -0.309 e. The molecule has 0 aliphatic carbocycles. The summed E-state index contributed by atoms with van der Waals surface area (Å²) in [7, 11) is 0. The molecule has 0 fully saturated rings. The lowest BCUT2D eigenvalue weighted by molar-refractivity contribution is 1.17. The Morgan fingerprint density at radius 3 is 1.05 bits per heavy atom. The number of aromatic nitrogens is 3. The summed E-state index contributed by atoms with van der Waals surface area (Å²) in [5.74, 6) is 0. The SMILES string of the molecule is c1ccc(-n2c3ccccc3c3cccc(-c4cc(-c5cccc6c7ccccc7n(-c7ccccc7)c56)c5c(c4)c4ccccc4n5-c4ccccc4)c32)cc1. The van der Waals surface area contributed by atoms with Crippen LogP contribution >= 0.6 is 0 Å². The molecule has 0 unspecified atom stereocenters. The number of hydrogen-bond donors (Lipinski definition) is 0. The highest BCUT2D eigenvalue weighted by atomic mass is 15.0. The summed E-state index contributed by atoms with van der Waals surface area (Å²) in [4.78, 5) is 0. The number of benzene rings is 9. The smallest absolute Gasteiger partial charge is 0.0620 e. The van der Waals surface area contributed by atoms with Crippen LogP contribution in [0.2, 0.25) is 0 Å². The van der Waals surface area contributed by atoms with Gasteiger partial charge in [-0.1, -0.05) is 146 Å². The van der Waals surface area contributed by atoms with Gasteiger partial charge in [0.05, 0.1) is 33.1 Å². The molecule has 0 radical (unpaired) electrons. The molecule has 0 aliphatic heterocycles. The zero-order valence-corrected chi connectivity index (χ0v) is 31.0. The maximum absolute atomic E-state index is 2.47. The highest BCUT2D eigenvalue weighted by molar-refractivity contribution is 6.21. The van der Waals surface area contributed by atoms with Gasteiger partial charge in [0.15, 0.2) is 0 Å². The molecule has 9 aromatic carbocycles. The van der Waals surface area contributed by atoms with Gasteiger partial charge >= 0.3 is 0 Å². The Kier molecular flexibility index (Phi) is 6.93. The zero-order valence-electron chi connectivity index (χ0n) is 31.0. The van der Waals surface area contributed by atoms with Crippen molar-refractivity contribution in [1.29, 1.82) is 0 Å². The summed E-state index contributed by atoms with van der Waals surface area (Å²) in [6.45, 7) is 0. The Morgan fingerprint density at radius 1 is 0.228 bits per heavy atom. The second kappa shape index (κ2) is 12.5. The third kappa shape index (κ3) is 4.66. The lowest BCUT2D eigenvalue weighted by Crippen LogP contribution is -1.99. The molecule has 0 aliphatic rings. The highest BCUT2D eigenvalue weighted by Crippen LogP contribution is 2.47. The van der Waals surface area contributed by atoms with Crippen LogP contribution in [0.4, 0.5) is 0 Å². The predicted octanol–water partition coefficient (Wildman–Crippen LogP) is 14.3. The predicted molar refractivity (Wildman–Crippen MR) is 240 cm³/mol. The van der Waals surface area contributed by atoms with Crippen LogP contribution in [0.5, 0.6) is 0 Å². The number of fused-ring (bicyclic) bond motifs is 9. The van der Waals surface area contributed by atoms with Gasteiger partial charge in [-0.05, 0) is 72.3 Å². The van der Waals surface area contributed by atoms with E-state index in [-0.39, 0.29) is 0 Å². The lowest BCUT2D eigenvalue weighted by atomic mass is 9.93. The van der Waals surface area contributed by atoms with Crippen molar-refractivity contribution in [3.63, 3.8) is 0 Å². The maximum Gasteiger partial charge on any atom is 0.0620 e. The fourth-order valence-corrected chi connectivity index (χ4v) is 9.48. The first-order chi connectivity index (χ1) is 28.3. The van der Waals surface area contributed by atoms with Crippen LogP contribution in [0, 0.1) is 0 Å². The number of hydrogen-bond acceptors (Lipinski definition) is 0. The van der Waals surface area contributed by atoms with E-state index < -0.39 is 0 Å². The van der Waals surface area contributed by atoms with E-state index in [2.05, 4.69) is 226 Å². The summed E-state index contributed by atoms with van der Waals surface area (Å²) in [5, 5.41) is 7.42. The number of rotatable bonds is 5. The van der Waals surface area contributed by atoms with Crippen LogP contribution in [0.25, 0.3) is 105 Å². The molecule has 3 nitrogen and oxygen atoms in total. The molecule has 0 atom stereocenters. The van der Waals surface area contributed by atoms with Gasteiger partial charge in [0.1, 0.15) is 0 Å². The summed E-state index contributed by atoms with van der Waals surface area (Å²) in [6, 6.07) is 77.5. The van der Waals surface area contributed by atoms with E-state index in [0.29, 0.717) is 0 Å². The number of nitrogens with zero attached hydrogens (tertiary/aromatic N) is 3. The molecule has 12 rings (SSSR count). The Balaban J connectivity index is 1.28. The second-order valence-electron chi connectivity index (χ2n) is 14.9. The van der Waals surface area contributed by atoms with Crippen LogP contribution in [-0.4, -0.2) is 13.7 Å². The van der Waals surface area contributed by atoms with E-state index in [9.17, 15) is 0 Å². The van der Waals surface area contributed by atoms with Crippen LogP contribution in [-0.2, 0) is 0 Å². The molecular weight excluding hydrogens is 691 g/mol. The molecule has 0 N–H and O–H groups in total. The van der Waals surface area contributed by atoms with Gasteiger partial charge in [0.25, 0.3) is 0 Å². The first kappa shape index (κ1) is 31.7. The van der Waals surface area contributed by atoms with Crippen molar-refractivity contribution >= 4 is 65.4 Å². The summed E-state index contributed by atoms with van der Waals surface area (Å²) < 4.78 is 7.38. The van der Waals surface area contributed by atoms with E-state index >= 15 is 0 Å². The van der Waals surface area contributed by atoms with Gasteiger partial charge in [0.2, 0.25) is 0 Å². The molecule has 0 spiro atoms.